The second kappa shape index (κ2) is 8.27. The number of para-hydroxylation sites is 2. The molecule has 3 rings (SSSR count). The van der Waals surface area contributed by atoms with Crippen molar-refractivity contribution in [2.45, 2.75) is 37.3 Å². The van der Waals surface area contributed by atoms with Crippen molar-refractivity contribution >= 4 is 28.7 Å². The number of nitrogens with zero attached hydrogens (tertiary/aromatic N) is 2. The smallest absolute Gasteiger partial charge is 0.233 e. The average molecular weight is 369 g/mol. The van der Waals surface area contributed by atoms with Crippen LogP contribution in [0.5, 0.6) is 5.75 Å². The molecule has 3 aromatic rings. The maximum absolute atomic E-state index is 12.5. The Labute approximate surface area is 157 Å². The lowest BCUT2D eigenvalue weighted by Crippen LogP contribution is -2.30. The minimum Gasteiger partial charge on any atom is -0.497 e. The van der Waals surface area contributed by atoms with E-state index in [4.69, 9.17) is 4.74 Å². The first-order valence-electron chi connectivity index (χ1n) is 8.65. The summed E-state index contributed by atoms with van der Waals surface area (Å²) in [6, 6.07) is 15.7. The van der Waals surface area contributed by atoms with Crippen LogP contribution in [0.3, 0.4) is 0 Å². The quantitative estimate of drug-likeness (QED) is 0.643. The van der Waals surface area contributed by atoms with E-state index in [0.717, 1.165) is 34.0 Å². The molecule has 1 aromatic heterocycles. The van der Waals surface area contributed by atoms with E-state index in [1.54, 1.807) is 7.11 Å². The molecule has 0 saturated carbocycles. The largest absolute Gasteiger partial charge is 0.497 e. The molecule has 6 heteroatoms. The third kappa shape index (κ3) is 4.02. The van der Waals surface area contributed by atoms with E-state index in [-0.39, 0.29) is 11.2 Å². The predicted molar refractivity (Wildman–Crippen MR) is 106 cm³/mol. The number of hydrogen-bond acceptors (Lipinski definition) is 4. The maximum Gasteiger partial charge on any atom is 0.233 e. The number of benzene rings is 2. The molecule has 0 aliphatic heterocycles. The Morgan fingerprint density at radius 1 is 1.23 bits per heavy atom. The highest BCUT2D eigenvalue weighted by Crippen LogP contribution is 2.27. The second-order valence-electron chi connectivity index (χ2n) is 5.95. The zero-order valence-corrected chi connectivity index (χ0v) is 16.0. The molecule has 136 valence electrons. The minimum absolute atomic E-state index is 0.000488. The number of ether oxygens (including phenoxy) is 1. The molecule has 0 saturated heterocycles. The SMILES string of the molecule is CCn1c(S[C@@H](C)C(=O)NCc2ccc(OC)cc2)nc2ccccc21. The number of carbonyl (C=O) groups excluding carboxylic acids is 1. The predicted octanol–water partition coefficient (Wildman–Crippen LogP) is 3.86. The van der Waals surface area contributed by atoms with Crippen molar-refractivity contribution in [1.82, 2.24) is 14.9 Å². The number of thioether (sulfide) groups is 1. The molecular weight excluding hydrogens is 346 g/mol. The van der Waals surface area contributed by atoms with E-state index in [0.29, 0.717) is 6.54 Å². The number of amides is 1. The van der Waals surface area contributed by atoms with Gasteiger partial charge in [-0.15, -0.1) is 0 Å². The van der Waals surface area contributed by atoms with E-state index in [9.17, 15) is 4.79 Å². The first-order valence-corrected chi connectivity index (χ1v) is 9.53. The molecule has 26 heavy (non-hydrogen) atoms. The summed E-state index contributed by atoms with van der Waals surface area (Å²) < 4.78 is 7.29. The first kappa shape index (κ1) is 18.3. The second-order valence-corrected chi connectivity index (χ2v) is 7.26. The van der Waals surface area contributed by atoms with Gasteiger partial charge >= 0.3 is 0 Å². The summed E-state index contributed by atoms with van der Waals surface area (Å²) in [5, 5.41) is 3.64. The van der Waals surface area contributed by atoms with Crippen LogP contribution in [0.25, 0.3) is 11.0 Å². The number of aryl methyl sites for hydroxylation is 1. The van der Waals surface area contributed by atoms with E-state index in [1.807, 2.05) is 49.4 Å². The Balaban J connectivity index is 1.63. The molecule has 1 amide bonds. The summed E-state index contributed by atoms with van der Waals surface area (Å²) in [7, 11) is 1.64. The van der Waals surface area contributed by atoms with Crippen LogP contribution in [0.4, 0.5) is 0 Å². The molecule has 2 aromatic carbocycles. The van der Waals surface area contributed by atoms with Gasteiger partial charge in [0.25, 0.3) is 0 Å². The van der Waals surface area contributed by atoms with Crippen LogP contribution in [0.15, 0.2) is 53.7 Å². The van der Waals surface area contributed by atoms with E-state index in [2.05, 4.69) is 27.9 Å². The van der Waals surface area contributed by atoms with Crippen molar-refractivity contribution in [2.24, 2.45) is 0 Å². The number of imidazole rings is 1. The lowest BCUT2D eigenvalue weighted by Gasteiger charge is -2.13. The number of fused-ring (bicyclic) bond motifs is 1. The van der Waals surface area contributed by atoms with Gasteiger partial charge in [-0.2, -0.15) is 0 Å². The zero-order valence-electron chi connectivity index (χ0n) is 15.2. The Morgan fingerprint density at radius 3 is 2.65 bits per heavy atom. The molecule has 0 unspecified atom stereocenters. The van der Waals surface area contributed by atoms with Gasteiger partial charge in [-0.3, -0.25) is 4.79 Å². The normalized spacial score (nSPS) is 12.1. The van der Waals surface area contributed by atoms with Gasteiger partial charge in [-0.05, 0) is 43.7 Å². The van der Waals surface area contributed by atoms with Gasteiger partial charge in [-0.1, -0.05) is 36.0 Å². The van der Waals surface area contributed by atoms with Crippen molar-refractivity contribution in [3.05, 3.63) is 54.1 Å². The Morgan fingerprint density at radius 2 is 1.96 bits per heavy atom. The Kier molecular flexibility index (Phi) is 5.83. The molecule has 0 fully saturated rings. The van der Waals surface area contributed by atoms with Gasteiger partial charge < -0.3 is 14.6 Å². The van der Waals surface area contributed by atoms with Gasteiger partial charge in [-0.25, -0.2) is 4.98 Å². The maximum atomic E-state index is 12.5. The highest BCUT2D eigenvalue weighted by molar-refractivity contribution is 8.00. The van der Waals surface area contributed by atoms with Crippen molar-refractivity contribution < 1.29 is 9.53 Å². The molecular formula is C20H23N3O2S. The third-order valence-corrected chi connectivity index (χ3v) is 5.30. The van der Waals surface area contributed by atoms with Gasteiger partial charge in [0.15, 0.2) is 5.16 Å². The molecule has 1 atom stereocenters. The number of methoxy groups -OCH3 is 1. The molecule has 0 aliphatic rings. The summed E-state index contributed by atoms with van der Waals surface area (Å²) in [6.07, 6.45) is 0. The van der Waals surface area contributed by atoms with E-state index < -0.39 is 0 Å². The van der Waals surface area contributed by atoms with Crippen LogP contribution in [-0.2, 0) is 17.9 Å². The van der Waals surface area contributed by atoms with Crippen molar-refractivity contribution in [3.8, 4) is 5.75 Å². The standard InChI is InChI=1S/C20H23N3O2S/c1-4-23-18-8-6-5-7-17(18)22-20(23)26-14(2)19(24)21-13-15-9-11-16(25-3)12-10-15/h5-12,14H,4,13H2,1-3H3,(H,21,24)/t14-/m0/s1. The first-order chi connectivity index (χ1) is 12.6. The van der Waals surface area contributed by atoms with Crippen molar-refractivity contribution in [3.63, 3.8) is 0 Å². The van der Waals surface area contributed by atoms with Crippen LogP contribution in [0.2, 0.25) is 0 Å². The molecule has 0 bridgehead atoms. The van der Waals surface area contributed by atoms with Crippen LogP contribution in [-0.4, -0.2) is 27.8 Å². The summed E-state index contributed by atoms with van der Waals surface area (Å²) in [4.78, 5) is 17.1. The molecule has 1 heterocycles. The van der Waals surface area contributed by atoms with E-state index in [1.165, 1.54) is 11.8 Å². The Bertz CT molecular complexity index is 890. The van der Waals surface area contributed by atoms with Crippen molar-refractivity contribution in [2.75, 3.05) is 7.11 Å². The lowest BCUT2D eigenvalue weighted by molar-refractivity contribution is -0.120. The van der Waals surface area contributed by atoms with Gasteiger partial charge in [0.05, 0.1) is 23.4 Å². The number of nitrogens with one attached hydrogen (secondary N) is 1. The van der Waals surface area contributed by atoms with E-state index >= 15 is 0 Å². The van der Waals surface area contributed by atoms with Gasteiger partial charge in [0.1, 0.15) is 5.75 Å². The fourth-order valence-electron chi connectivity index (χ4n) is 2.74. The average Bonchev–Trinajstić information content (AvgIpc) is 3.03. The van der Waals surface area contributed by atoms with Gasteiger partial charge in [0, 0.05) is 13.1 Å². The van der Waals surface area contributed by atoms with Crippen LogP contribution < -0.4 is 10.1 Å². The molecule has 1 N–H and O–H groups in total. The number of hydrogen-bond donors (Lipinski definition) is 1. The Hall–Kier alpha value is -2.47. The zero-order chi connectivity index (χ0) is 18.5. The minimum atomic E-state index is -0.227. The van der Waals surface area contributed by atoms with Gasteiger partial charge in [0.2, 0.25) is 5.91 Å². The number of carbonyl (C=O) groups is 1. The highest BCUT2D eigenvalue weighted by Gasteiger charge is 2.18. The summed E-state index contributed by atoms with van der Waals surface area (Å²) >= 11 is 1.49. The number of aromatic nitrogens is 2. The van der Waals surface area contributed by atoms with Crippen LogP contribution in [0.1, 0.15) is 19.4 Å². The summed E-state index contributed by atoms with van der Waals surface area (Å²) in [6.45, 7) is 5.32. The van der Waals surface area contributed by atoms with Crippen molar-refractivity contribution in [1.29, 1.82) is 0 Å². The fraction of sp³-hybridized carbons (Fsp3) is 0.300. The molecule has 5 nitrogen and oxygen atoms in total. The van der Waals surface area contributed by atoms with Crippen LogP contribution in [0, 0.1) is 0 Å². The summed E-state index contributed by atoms with van der Waals surface area (Å²) in [5.74, 6) is 0.808. The topological polar surface area (TPSA) is 56.2 Å². The molecule has 0 radical (unpaired) electrons. The molecule has 0 spiro atoms. The number of rotatable bonds is 7. The lowest BCUT2D eigenvalue weighted by atomic mass is 10.2. The highest BCUT2D eigenvalue weighted by atomic mass is 32.2. The summed E-state index contributed by atoms with van der Waals surface area (Å²) in [5.41, 5.74) is 3.10. The van der Waals surface area contributed by atoms with Crippen LogP contribution >= 0.6 is 11.8 Å². The molecule has 0 aliphatic carbocycles. The monoisotopic (exact) mass is 369 g/mol. The fourth-order valence-corrected chi connectivity index (χ4v) is 3.75. The third-order valence-electron chi connectivity index (χ3n) is 4.21.